The molecular formula is C33H22N2O2. The number of rotatable bonds is 5. The van der Waals surface area contributed by atoms with Gasteiger partial charge in [0.25, 0.3) is 0 Å². The fourth-order valence-electron chi connectivity index (χ4n) is 4.74. The first-order chi connectivity index (χ1) is 18.3. The Morgan fingerprint density at radius 1 is 0.514 bits per heavy atom. The van der Waals surface area contributed by atoms with Crippen LogP contribution in [-0.4, -0.2) is 9.38 Å². The van der Waals surface area contributed by atoms with Crippen molar-refractivity contribution in [3.8, 4) is 45.1 Å². The lowest BCUT2D eigenvalue weighted by molar-refractivity contribution is 0.483. The largest absolute Gasteiger partial charge is 0.457 e. The molecule has 0 atom stereocenters. The van der Waals surface area contributed by atoms with Gasteiger partial charge in [-0.15, -0.1) is 0 Å². The van der Waals surface area contributed by atoms with Gasteiger partial charge in [0.2, 0.25) is 0 Å². The van der Waals surface area contributed by atoms with E-state index >= 15 is 0 Å². The third-order valence-corrected chi connectivity index (χ3v) is 6.53. The van der Waals surface area contributed by atoms with Gasteiger partial charge in [0.15, 0.2) is 5.58 Å². The van der Waals surface area contributed by atoms with Gasteiger partial charge in [-0.1, -0.05) is 84.9 Å². The molecule has 0 saturated carbocycles. The summed E-state index contributed by atoms with van der Waals surface area (Å²) in [5.41, 5.74) is 8.07. The Bertz CT molecular complexity index is 1820. The molecule has 0 N–H and O–H groups in total. The van der Waals surface area contributed by atoms with Crippen LogP contribution in [0.5, 0.6) is 11.5 Å². The zero-order valence-electron chi connectivity index (χ0n) is 19.9. The monoisotopic (exact) mass is 478 g/mol. The summed E-state index contributed by atoms with van der Waals surface area (Å²) in [5, 5.41) is 0. The molecular weight excluding hydrogens is 456 g/mol. The fraction of sp³-hybridized carbons (Fsp3) is 0. The number of imidazole rings is 1. The van der Waals surface area contributed by atoms with Gasteiger partial charge in [-0.25, -0.2) is 0 Å². The second kappa shape index (κ2) is 8.85. The van der Waals surface area contributed by atoms with Crippen LogP contribution in [0.25, 0.3) is 50.6 Å². The molecule has 0 radical (unpaired) electrons. The summed E-state index contributed by atoms with van der Waals surface area (Å²) < 4.78 is 14.3. The highest BCUT2D eigenvalue weighted by Gasteiger charge is 2.21. The molecule has 0 bridgehead atoms. The van der Waals surface area contributed by atoms with Crippen molar-refractivity contribution in [3.05, 3.63) is 133 Å². The molecule has 37 heavy (non-hydrogen) atoms. The number of ether oxygens (including phenoxy) is 1. The Morgan fingerprint density at radius 3 is 1.84 bits per heavy atom. The SMILES string of the molecule is c1ccc(Oc2ccc(-c3c(-c4ccc(-c5ccccc5)cc4)nc4oc5ccccc5n34)cc2)cc1. The lowest BCUT2D eigenvalue weighted by Crippen LogP contribution is -1.90. The molecule has 176 valence electrons. The van der Waals surface area contributed by atoms with Crippen LogP contribution in [0.15, 0.2) is 138 Å². The van der Waals surface area contributed by atoms with Gasteiger partial charge in [0, 0.05) is 11.1 Å². The minimum atomic E-state index is 0.572. The summed E-state index contributed by atoms with van der Waals surface area (Å²) in [7, 11) is 0. The molecule has 7 rings (SSSR count). The van der Waals surface area contributed by atoms with Crippen LogP contribution in [0, 0.1) is 0 Å². The van der Waals surface area contributed by atoms with Crippen molar-refractivity contribution in [2.24, 2.45) is 0 Å². The standard InChI is InChI=1S/C33H22N2O2/c1-3-9-23(10-4-1)24-15-17-25(18-16-24)31-32(35-29-13-7-8-14-30(29)37-33(35)34-31)26-19-21-28(22-20-26)36-27-11-5-2-6-12-27/h1-22H. The topological polar surface area (TPSA) is 39.7 Å². The molecule has 0 spiro atoms. The maximum absolute atomic E-state index is 6.14. The number of hydrogen-bond acceptors (Lipinski definition) is 3. The predicted octanol–water partition coefficient (Wildman–Crippen LogP) is 8.87. The van der Waals surface area contributed by atoms with Crippen molar-refractivity contribution in [3.63, 3.8) is 0 Å². The molecule has 0 fully saturated rings. The summed E-state index contributed by atoms with van der Waals surface area (Å²) in [6.45, 7) is 0. The van der Waals surface area contributed by atoms with Crippen LogP contribution in [0.3, 0.4) is 0 Å². The van der Waals surface area contributed by atoms with E-state index in [1.54, 1.807) is 0 Å². The van der Waals surface area contributed by atoms with Crippen molar-refractivity contribution in [1.29, 1.82) is 0 Å². The molecule has 0 amide bonds. The normalized spacial score (nSPS) is 11.2. The second-order valence-corrected chi connectivity index (χ2v) is 8.88. The van der Waals surface area contributed by atoms with E-state index in [2.05, 4.69) is 71.1 Å². The molecule has 4 nitrogen and oxygen atoms in total. The molecule has 2 aromatic heterocycles. The number of hydrogen-bond donors (Lipinski definition) is 0. The number of para-hydroxylation sites is 3. The minimum absolute atomic E-state index is 0.572. The average Bonchev–Trinajstić information content (AvgIpc) is 3.51. The van der Waals surface area contributed by atoms with Gasteiger partial charge < -0.3 is 9.15 Å². The first-order valence-electron chi connectivity index (χ1n) is 12.2. The van der Waals surface area contributed by atoms with Crippen LogP contribution in [0.1, 0.15) is 0 Å². The lowest BCUT2D eigenvalue weighted by Gasteiger charge is -2.09. The van der Waals surface area contributed by atoms with Crippen LogP contribution >= 0.6 is 0 Å². The summed E-state index contributed by atoms with van der Waals surface area (Å²) in [6, 6.07) is 44.9. The van der Waals surface area contributed by atoms with Crippen molar-refractivity contribution < 1.29 is 9.15 Å². The first kappa shape index (κ1) is 21.2. The third-order valence-electron chi connectivity index (χ3n) is 6.53. The Balaban J connectivity index is 1.35. The second-order valence-electron chi connectivity index (χ2n) is 8.88. The van der Waals surface area contributed by atoms with E-state index in [9.17, 15) is 0 Å². The van der Waals surface area contributed by atoms with Gasteiger partial charge in [-0.3, -0.25) is 4.40 Å². The molecule has 0 unspecified atom stereocenters. The summed E-state index contributed by atoms with van der Waals surface area (Å²) >= 11 is 0. The molecule has 7 aromatic rings. The van der Waals surface area contributed by atoms with Gasteiger partial charge in [-0.2, -0.15) is 4.98 Å². The Hall–Kier alpha value is -5.09. The summed E-state index contributed by atoms with van der Waals surface area (Å²) in [6.07, 6.45) is 0. The number of aromatic nitrogens is 2. The summed E-state index contributed by atoms with van der Waals surface area (Å²) in [4.78, 5) is 4.95. The van der Waals surface area contributed by atoms with Gasteiger partial charge in [0.1, 0.15) is 17.2 Å². The Morgan fingerprint density at radius 2 is 1.08 bits per heavy atom. The quantitative estimate of drug-likeness (QED) is 0.248. The van der Waals surface area contributed by atoms with Crippen molar-refractivity contribution >= 4 is 16.9 Å². The van der Waals surface area contributed by atoms with Crippen LogP contribution < -0.4 is 4.74 Å². The highest BCUT2D eigenvalue weighted by molar-refractivity contribution is 5.88. The van der Waals surface area contributed by atoms with Crippen molar-refractivity contribution in [2.45, 2.75) is 0 Å². The number of benzene rings is 5. The number of oxazole rings is 1. The zero-order chi connectivity index (χ0) is 24.6. The molecule has 2 heterocycles. The summed E-state index contributed by atoms with van der Waals surface area (Å²) in [5.74, 6) is 2.16. The van der Waals surface area contributed by atoms with E-state index in [-0.39, 0.29) is 0 Å². The van der Waals surface area contributed by atoms with Gasteiger partial charge in [0.05, 0.1) is 11.2 Å². The number of fused-ring (bicyclic) bond motifs is 3. The molecule has 0 aliphatic heterocycles. The molecule has 0 saturated heterocycles. The predicted molar refractivity (Wildman–Crippen MR) is 148 cm³/mol. The minimum Gasteiger partial charge on any atom is -0.457 e. The van der Waals surface area contributed by atoms with Gasteiger partial charge in [-0.05, 0) is 59.7 Å². The van der Waals surface area contributed by atoms with E-state index in [0.29, 0.717) is 5.84 Å². The van der Waals surface area contributed by atoms with E-state index < -0.39 is 0 Å². The lowest BCUT2D eigenvalue weighted by atomic mass is 10.0. The van der Waals surface area contributed by atoms with Crippen LogP contribution in [-0.2, 0) is 0 Å². The van der Waals surface area contributed by atoms with Crippen molar-refractivity contribution in [2.75, 3.05) is 0 Å². The van der Waals surface area contributed by atoms with E-state index in [1.165, 1.54) is 11.1 Å². The highest BCUT2D eigenvalue weighted by Crippen LogP contribution is 2.37. The molecule has 4 heteroatoms. The third kappa shape index (κ3) is 3.85. The fourth-order valence-corrected chi connectivity index (χ4v) is 4.74. The Labute approximate surface area is 214 Å². The van der Waals surface area contributed by atoms with Crippen LogP contribution in [0.4, 0.5) is 0 Å². The first-order valence-corrected chi connectivity index (χ1v) is 12.2. The molecule has 5 aromatic carbocycles. The smallest absolute Gasteiger partial charge is 0.307 e. The van der Waals surface area contributed by atoms with E-state index in [4.69, 9.17) is 14.1 Å². The Kier molecular flexibility index (Phi) is 5.07. The molecule has 0 aliphatic carbocycles. The maximum Gasteiger partial charge on any atom is 0.307 e. The maximum atomic E-state index is 6.14. The highest BCUT2D eigenvalue weighted by atomic mass is 16.5. The average molecular weight is 479 g/mol. The molecule has 0 aliphatic rings. The van der Waals surface area contributed by atoms with Crippen molar-refractivity contribution in [1.82, 2.24) is 9.38 Å². The van der Waals surface area contributed by atoms with E-state index in [1.807, 2.05) is 66.7 Å². The zero-order valence-corrected chi connectivity index (χ0v) is 19.9. The van der Waals surface area contributed by atoms with Gasteiger partial charge >= 0.3 is 5.84 Å². The number of nitrogens with zero attached hydrogens (tertiary/aromatic N) is 2. The van der Waals surface area contributed by atoms with Crippen LogP contribution in [0.2, 0.25) is 0 Å². The van der Waals surface area contributed by atoms with E-state index in [0.717, 1.165) is 45.1 Å².